The Morgan fingerprint density at radius 3 is 2.73 bits per heavy atom. The van der Waals surface area contributed by atoms with E-state index in [4.69, 9.17) is 14.2 Å². The van der Waals surface area contributed by atoms with Crippen molar-refractivity contribution in [3.63, 3.8) is 0 Å². The summed E-state index contributed by atoms with van der Waals surface area (Å²) in [5.41, 5.74) is 1.23. The van der Waals surface area contributed by atoms with Crippen LogP contribution in [0, 0.1) is 0 Å². The molecule has 4 nitrogen and oxygen atoms in total. The zero-order valence-corrected chi connectivity index (χ0v) is 13.1. The monoisotopic (exact) mass is 303 g/mol. The Hall–Kier alpha value is -0.940. The predicted molar refractivity (Wildman–Crippen MR) is 83.3 cm³/mol. The van der Waals surface area contributed by atoms with Crippen LogP contribution in [0.4, 0.5) is 0 Å². The minimum atomic E-state index is -0.272. The second-order valence-corrected chi connectivity index (χ2v) is 6.65. The van der Waals surface area contributed by atoms with Crippen molar-refractivity contribution in [2.75, 3.05) is 26.3 Å². The summed E-state index contributed by atoms with van der Waals surface area (Å²) in [7, 11) is 0. The van der Waals surface area contributed by atoms with Gasteiger partial charge in [0.15, 0.2) is 5.79 Å². The summed E-state index contributed by atoms with van der Waals surface area (Å²) in [5.74, 6) is -0.272. The van der Waals surface area contributed by atoms with Crippen LogP contribution in [0.2, 0.25) is 0 Å². The first kappa shape index (κ1) is 14.6. The van der Waals surface area contributed by atoms with Crippen LogP contribution in [0.5, 0.6) is 0 Å². The van der Waals surface area contributed by atoms with E-state index in [1.165, 1.54) is 24.8 Å². The highest BCUT2D eigenvalue weighted by atomic mass is 16.7. The van der Waals surface area contributed by atoms with Crippen LogP contribution in [0.15, 0.2) is 30.3 Å². The number of benzene rings is 1. The first-order chi connectivity index (χ1) is 10.8. The topological polar surface area (TPSA) is 30.9 Å². The normalized spacial score (nSPS) is 31.8. The molecule has 2 aliphatic heterocycles. The van der Waals surface area contributed by atoms with E-state index in [9.17, 15) is 0 Å². The van der Waals surface area contributed by atoms with Crippen LogP contribution < -0.4 is 0 Å². The molecule has 1 aliphatic carbocycles. The van der Waals surface area contributed by atoms with Gasteiger partial charge in [0.25, 0.3) is 0 Å². The Kier molecular flexibility index (Phi) is 4.18. The maximum atomic E-state index is 6.32. The molecule has 1 spiro atoms. The van der Waals surface area contributed by atoms with E-state index < -0.39 is 0 Å². The van der Waals surface area contributed by atoms with Gasteiger partial charge in [-0.25, -0.2) is 0 Å². The van der Waals surface area contributed by atoms with Gasteiger partial charge in [-0.2, -0.15) is 0 Å². The molecule has 3 fully saturated rings. The first-order valence-electron chi connectivity index (χ1n) is 8.57. The Morgan fingerprint density at radius 2 is 1.91 bits per heavy atom. The van der Waals surface area contributed by atoms with Crippen LogP contribution >= 0.6 is 0 Å². The molecule has 0 N–H and O–H groups in total. The van der Waals surface area contributed by atoms with E-state index in [1.807, 2.05) is 6.07 Å². The fraction of sp³-hybridized carbons (Fsp3) is 0.667. The zero-order chi connectivity index (χ0) is 14.8. The standard InChI is InChI=1S/C18H25NO3/c1-3-7-15(8-4-1)17-19(11-12-20-17)13-16-14-21-18(22-16)9-5-2-6-10-18/h1,3-4,7-8,16-17H,2,5-6,9-14H2/t16-,17-/m1/s1. The molecule has 4 heteroatoms. The van der Waals surface area contributed by atoms with E-state index in [2.05, 4.69) is 29.2 Å². The third-order valence-corrected chi connectivity index (χ3v) is 5.04. The van der Waals surface area contributed by atoms with Gasteiger partial charge < -0.3 is 14.2 Å². The molecule has 2 heterocycles. The first-order valence-corrected chi connectivity index (χ1v) is 8.57. The van der Waals surface area contributed by atoms with Crippen molar-refractivity contribution in [3.05, 3.63) is 35.9 Å². The SMILES string of the molecule is c1ccc([C@H]2OCCN2C[C@@H]2COC3(CCCCC3)O2)cc1. The number of nitrogens with zero attached hydrogens (tertiary/aromatic N) is 1. The Morgan fingerprint density at radius 1 is 1.09 bits per heavy atom. The predicted octanol–water partition coefficient (Wildman–Crippen LogP) is 3.09. The van der Waals surface area contributed by atoms with Gasteiger partial charge in [-0.15, -0.1) is 0 Å². The second kappa shape index (κ2) is 6.28. The van der Waals surface area contributed by atoms with Crippen LogP contribution in [0.3, 0.4) is 0 Å². The van der Waals surface area contributed by atoms with E-state index in [-0.39, 0.29) is 18.1 Å². The molecule has 3 aliphatic rings. The van der Waals surface area contributed by atoms with Crippen molar-refractivity contribution in [1.29, 1.82) is 0 Å². The Balaban J connectivity index is 1.39. The Bertz CT molecular complexity index is 486. The van der Waals surface area contributed by atoms with Crippen LogP contribution in [0.25, 0.3) is 0 Å². The summed E-state index contributed by atoms with van der Waals surface area (Å²) in [5, 5.41) is 0. The number of hydrogen-bond donors (Lipinski definition) is 0. The number of ether oxygens (including phenoxy) is 3. The lowest BCUT2D eigenvalue weighted by atomic mass is 9.94. The highest BCUT2D eigenvalue weighted by Crippen LogP contribution is 2.38. The van der Waals surface area contributed by atoms with E-state index in [0.29, 0.717) is 0 Å². The third kappa shape index (κ3) is 2.93. The van der Waals surface area contributed by atoms with E-state index in [0.717, 1.165) is 39.1 Å². The maximum Gasteiger partial charge on any atom is 0.168 e. The van der Waals surface area contributed by atoms with Gasteiger partial charge in [-0.3, -0.25) is 4.90 Å². The molecule has 1 aromatic rings. The minimum absolute atomic E-state index is 0.0627. The molecule has 1 aromatic carbocycles. The van der Waals surface area contributed by atoms with Crippen molar-refractivity contribution < 1.29 is 14.2 Å². The lowest BCUT2D eigenvalue weighted by molar-refractivity contribution is -0.189. The molecule has 22 heavy (non-hydrogen) atoms. The van der Waals surface area contributed by atoms with Crippen LogP contribution in [0.1, 0.15) is 43.9 Å². The summed E-state index contributed by atoms with van der Waals surface area (Å²) in [6.45, 7) is 3.37. The molecule has 2 saturated heterocycles. The quantitative estimate of drug-likeness (QED) is 0.858. The Labute approximate surface area is 132 Å². The average Bonchev–Trinajstić information content (AvgIpc) is 3.17. The molecular formula is C18H25NO3. The summed E-state index contributed by atoms with van der Waals surface area (Å²) in [6.07, 6.45) is 6.12. The zero-order valence-electron chi connectivity index (χ0n) is 13.1. The van der Waals surface area contributed by atoms with Crippen molar-refractivity contribution >= 4 is 0 Å². The molecular weight excluding hydrogens is 278 g/mol. The van der Waals surface area contributed by atoms with E-state index >= 15 is 0 Å². The van der Waals surface area contributed by atoms with Crippen molar-refractivity contribution in [3.8, 4) is 0 Å². The van der Waals surface area contributed by atoms with Gasteiger partial charge in [-0.1, -0.05) is 36.8 Å². The lowest BCUT2D eigenvalue weighted by Crippen LogP contribution is -2.37. The van der Waals surface area contributed by atoms with Gasteiger partial charge in [-0.05, 0) is 18.4 Å². The summed E-state index contributed by atoms with van der Waals surface area (Å²) >= 11 is 0. The molecule has 0 aromatic heterocycles. The maximum absolute atomic E-state index is 6.32. The number of hydrogen-bond acceptors (Lipinski definition) is 4. The molecule has 0 bridgehead atoms. The smallest absolute Gasteiger partial charge is 0.168 e. The lowest BCUT2D eigenvalue weighted by Gasteiger charge is -2.32. The average molecular weight is 303 g/mol. The molecule has 2 atom stereocenters. The van der Waals surface area contributed by atoms with E-state index in [1.54, 1.807) is 0 Å². The van der Waals surface area contributed by atoms with Crippen molar-refractivity contribution in [2.24, 2.45) is 0 Å². The van der Waals surface area contributed by atoms with Gasteiger partial charge in [0, 0.05) is 25.9 Å². The van der Waals surface area contributed by atoms with Gasteiger partial charge >= 0.3 is 0 Å². The fourth-order valence-electron chi connectivity index (χ4n) is 3.94. The molecule has 4 rings (SSSR count). The molecule has 0 unspecified atom stereocenters. The summed E-state index contributed by atoms with van der Waals surface area (Å²) < 4.78 is 18.3. The molecule has 1 saturated carbocycles. The van der Waals surface area contributed by atoms with Crippen LogP contribution in [-0.4, -0.2) is 43.1 Å². The third-order valence-electron chi connectivity index (χ3n) is 5.04. The second-order valence-electron chi connectivity index (χ2n) is 6.65. The summed E-state index contributed by atoms with van der Waals surface area (Å²) in [4.78, 5) is 2.38. The van der Waals surface area contributed by atoms with Crippen molar-refractivity contribution in [2.45, 2.75) is 50.2 Å². The number of rotatable bonds is 3. The van der Waals surface area contributed by atoms with Crippen LogP contribution in [-0.2, 0) is 14.2 Å². The molecule has 0 radical (unpaired) electrons. The fourth-order valence-corrected chi connectivity index (χ4v) is 3.94. The molecule has 0 amide bonds. The summed E-state index contributed by atoms with van der Waals surface area (Å²) in [6, 6.07) is 10.5. The highest BCUT2D eigenvalue weighted by molar-refractivity contribution is 5.18. The van der Waals surface area contributed by atoms with Gasteiger partial charge in [0.2, 0.25) is 0 Å². The largest absolute Gasteiger partial charge is 0.358 e. The minimum Gasteiger partial charge on any atom is -0.358 e. The van der Waals surface area contributed by atoms with Gasteiger partial charge in [0.1, 0.15) is 6.23 Å². The molecule has 120 valence electrons. The van der Waals surface area contributed by atoms with Crippen molar-refractivity contribution in [1.82, 2.24) is 4.90 Å². The van der Waals surface area contributed by atoms with Gasteiger partial charge in [0.05, 0.1) is 19.3 Å². The highest BCUT2D eigenvalue weighted by Gasteiger charge is 2.43.